The SMILES string of the molecule is CC(C)[C@@H](C(=O)NCCC(c1ccccc1)c1ccccc1)N1C(=O)N2CCc3c([nH]c4ccccc34)[C@@]2(C)C1=O. The number of nitrogens with one attached hydrogen (secondary N) is 2. The van der Waals surface area contributed by atoms with E-state index in [0.29, 0.717) is 25.9 Å². The lowest BCUT2D eigenvalue weighted by molar-refractivity contribution is -0.140. The van der Waals surface area contributed by atoms with Gasteiger partial charge in [0, 0.05) is 29.9 Å². The molecule has 2 aliphatic heterocycles. The molecular weight excluding hydrogens is 512 g/mol. The molecule has 7 heteroatoms. The molecule has 0 aliphatic carbocycles. The van der Waals surface area contributed by atoms with Gasteiger partial charge >= 0.3 is 6.03 Å². The van der Waals surface area contributed by atoms with Gasteiger partial charge in [-0.25, -0.2) is 9.69 Å². The number of nitrogens with zero attached hydrogens (tertiary/aromatic N) is 2. The Bertz CT molecular complexity index is 1560. The van der Waals surface area contributed by atoms with E-state index in [1.54, 1.807) is 11.8 Å². The highest BCUT2D eigenvalue weighted by molar-refractivity contribution is 6.11. The van der Waals surface area contributed by atoms with Gasteiger partial charge in [0.1, 0.15) is 6.04 Å². The number of aromatic nitrogens is 1. The number of carbonyl (C=O) groups is 3. The molecule has 1 saturated heterocycles. The average Bonchev–Trinajstić information content (AvgIpc) is 3.46. The quantitative estimate of drug-likeness (QED) is 0.283. The Morgan fingerprint density at radius 2 is 1.54 bits per heavy atom. The van der Waals surface area contributed by atoms with Crippen molar-refractivity contribution in [1.82, 2.24) is 20.1 Å². The van der Waals surface area contributed by atoms with Gasteiger partial charge in [-0.15, -0.1) is 0 Å². The van der Waals surface area contributed by atoms with E-state index in [-0.39, 0.29) is 23.7 Å². The summed E-state index contributed by atoms with van der Waals surface area (Å²) in [7, 11) is 0. The van der Waals surface area contributed by atoms with E-state index >= 15 is 0 Å². The van der Waals surface area contributed by atoms with E-state index in [1.165, 1.54) is 16.0 Å². The molecule has 0 bridgehead atoms. The van der Waals surface area contributed by atoms with Gasteiger partial charge in [0.15, 0.2) is 5.54 Å². The van der Waals surface area contributed by atoms with Crippen molar-refractivity contribution < 1.29 is 14.4 Å². The van der Waals surface area contributed by atoms with Crippen LogP contribution in [0.1, 0.15) is 55.5 Å². The summed E-state index contributed by atoms with van der Waals surface area (Å²) >= 11 is 0. The van der Waals surface area contributed by atoms with Gasteiger partial charge in [-0.2, -0.15) is 0 Å². The highest BCUT2D eigenvalue weighted by Crippen LogP contribution is 2.45. The number of rotatable bonds is 8. The number of para-hydroxylation sites is 1. The molecule has 4 amide bonds. The summed E-state index contributed by atoms with van der Waals surface area (Å²) in [6, 6.07) is 27.2. The summed E-state index contributed by atoms with van der Waals surface area (Å²) in [6.07, 6.45) is 1.34. The normalized spacial score (nSPS) is 19.1. The highest BCUT2D eigenvalue weighted by Gasteiger charge is 2.61. The minimum absolute atomic E-state index is 0.110. The maximum absolute atomic E-state index is 14.2. The third kappa shape index (κ3) is 4.40. The lowest BCUT2D eigenvalue weighted by Crippen LogP contribution is -2.53. The number of hydrogen-bond donors (Lipinski definition) is 2. The van der Waals surface area contributed by atoms with Crippen molar-refractivity contribution in [2.24, 2.45) is 5.92 Å². The first-order chi connectivity index (χ1) is 19.8. The molecule has 6 rings (SSSR count). The summed E-state index contributed by atoms with van der Waals surface area (Å²) in [4.78, 5) is 48.0. The van der Waals surface area contributed by atoms with E-state index in [4.69, 9.17) is 0 Å². The maximum atomic E-state index is 14.2. The van der Waals surface area contributed by atoms with Crippen molar-refractivity contribution in [3.63, 3.8) is 0 Å². The molecule has 0 saturated carbocycles. The fourth-order valence-electron chi connectivity index (χ4n) is 6.72. The second kappa shape index (κ2) is 10.5. The van der Waals surface area contributed by atoms with Crippen LogP contribution in [0.2, 0.25) is 0 Å². The number of imide groups is 1. The molecule has 3 aromatic carbocycles. The van der Waals surface area contributed by atoms with Crippen molar-refractivity contribution in [2.75, 3.05) is 13.1 Å². The molecule has 0 radical (unpaired) electrons. The van der Waals surface area contributed by atoms with Gasteiger partial charge in [0.25, 0.3) is 5.91 Å². The molecular formula is C34H36N4O3. The van der Waals surface area contributed by atoms with Crippen LogP contribution in [0.5, 0.6) is 0 Å². The number of H-pyrrole nitrogens is 1. The van der Waals surface area contributed by atoms with E-state index < -0.39 is 17.6 Å². The molecule has 2 atom stereocenters. The summed E-state index contributed by atoms with van der Waals surface area (Å²) in [6.45, 7) is 6.42. The van der Waals surface area contributed by atoms with Crippen molar-refractivity contribution in [3.8, 4) is 0 Å². The third-order valence-corrected chi connectivity index (χ3v) is 8.81. The Morgan fingerprint density at radius 1 is 0.927 bits per heavy atom. The minimum atomic E-state index is -1.18. The van der Waals surface area contributed by atoms with E-state index in [2.05, 4.69) is 34.6 Å². The molecule has 1 fully saturated rings. The molecule has 0 unspecified atom stereocenters. The highest BCUT2D eigenvalue weighted by atomic mass is 16.2. The number of hydrogen-bond acceptors (Lipinski definition) is 3. The summed E-state index contributed by atoms with van der Waals surface area (Å²) in [5.41, 5.74) is 3.95. The molecule has 1 aromatic heterocycles. The number of amides is 4. The molecule has 2 aliphatic rings. The van der Waals surface area contributed by atoms with Crippen molar-refractivity contribution in [1.29, 1.82) is 0 Å². The van der Waals surface area contributed by atoms with Crippen LogP contribution in [0, 0.1) is 5.92 Å². The Kier molecular flexibility index (Phi) is 6.89. The molecule has 3 heterocycles. The number of aromatic amines is 1. The van der Waals surface area contributed by atoms with E-state index in [9.17, 15) is 14.4 Å². The third-order valence-electron chi connectivity index (χ3n) is 8.81. The lowest BCUT2D eigenvalue weighted by atomic mass is 9.86. The van der Waals surface area contributed by atoms with Gasteiger partial charge in [0.05, 0.1) is 5.69 Å². The summed E-state index contributed by atoms with van der Waals surface area (Å²) in [5, 5.41) is 4.15. The molecule has 4 aromatic rings. The molecule has 210 valence electrons. The van der Waals surface area contributed by atoms with E-state index in [1.807, 2.05) is 74.5 Å². The smallest absolute Gasteiger partial charge is 0.328 e. The van der Waals surface area contributed by atoms with Crippen LogP contribution in [0.25, 0.3) is 10.9 Å². The lowest BCUT2D eigenvalue weighted by Gasteiger charge is -2.36. The van der Waals surface area contributed by atoms with Crippen LogP contribution < -0.4 is 5.32 Å². The van der Waals surface area contributed by atoms with Crippen LogP contribution in [0.3, 0.4) is 0 Å². The molecule has 2 N–H and O–H groups in total. The largest absolute Gasteiger partial charge is 0.356 e. The predicted molar refractivity (Wildman–Crippen MR) is 159 cm³/mol. The zero-order chi connectivity index (χ0) is 28.7. The average molecular weight is 549 g/mol. The Morgan fingerprint density at radius 3 is 2.17 bits per heavy atom. The molecule has 7 nitrogen and oxygen atoms in total. The zero-order valence-corrected chi connectivity index (χ0v) is 23.8. The second-order valence-electron chi connectivity index (χ2n) is 11.6. The zero-order valence-electron chi connectivity index (χ0n) is 23.8. The first-order valence-electron chi connectivity index (χ1n) is 14.4. The topological polar surface area (TPSA) is 85.5 Å². The first-order valence-corrected chi connectivity index (χ1v) is 14.4. The predicted octanol–water partition coefficient (Wildman–Crippen LogP) is 5.57. The Hall–Kier alpha value is -4.39. The van der Waals surface area contributed by atoms with Crippen LogP contribution in [0.4, 0.5) is 4.79 Å². The van der Waals surface area contributed by atoms with Crippen LogP contribution in [0.15, 0.2) is 84.9 Å². The van der Waals surface area contributed by atoms with Gasteiger partial charge < -0.3 is 15.2 Å². The van der Waals surface area contributed by atoms with Gasteiger partial charge in [-0.1, -0.05) is 92.7 Å². The fourth-order valence-corrected chi connectivity index (χ4v) is 6.72. The standard InChI is InChI=1S/C34H36N4O3/c1-22(2)29(31(39)35-20-18-25(23-12-6-4-7-13-23)24-14-8-5-9-15-24)38-32(40)34(3)30-27(19-21-37(34)33(38)41)26-16-10-11-17-28(26)36-30/h4-17,22,25,29,36H,18-21H2,1-3H3,(H,35,39)/t29-,34-/m0/s1. The van der Waals surface area contributed by atoms with Gasteiger partial charge in [-0.05, 0) is 48.4 Å². The first kappa shape index (κ1) is 26.8. The van der Waals surface area contributed by atoms with Crippen molar-refractivity contribution >= 4 is 28.7 Å². The molecule has 41 heavy (non-hydrogen) atoms. The van der Waals surface area contributed by atoms with Crippen LogP contribution >= 0.6 is 0 Å². The van der Waals surface area contributed by atoms with Crippen molar-refractivity contribution in [3.05, 3.63) is 107 Å². The maximum Gasteiger partial charge on any atom is 0.328 e. The summed E-state index contributed by atoms with van der Waals surface area (Å²) < 4.78 is 0. The van der Waals surface area contributed by atoms with Crippen molar-refractivity contribution in [2.45, 2.75) is 51.1 Å². The van der Waals surface area contributed by atoms with Crippen LogP contribution in [-0.2, 0) is 21.5 Å². The number of carbonyl (C=O) groups excluding carboxylic acids is 3. The number of benzene rings is 3. The fraction of sp³-hybridized carbons (Fsp3) is 0.324. The number of fused-ring (bicyclic) bond motifs is 5. The summed E-state index contributed by atoms with van der Waals surface area (Å²) in [5.74, 6) is -0.801. The Labute approximate surface area is 240 Å². The second-order valence-corrected chi connectivity index (χ2v) is 11.6. The van der Waals surface area contributed by atoms with Gasteiger partial charge in [-0.3, -0.25) is 9.59 Å². The van der Waals surface area contributed by atoms with Crippen LogP contribution in [-0.4, -0.2) is 51.8 Å². The molecule has 0 spiro atoms. The monoisotopic (exact) mass is 548 g/mol. The number of urea groups is 1. The van der Waals surface area contributed by atoms with Gasteiger partial charge in [0.2, 0.25) is 5.91 Å². The Balaban J connectivity index is 1.24. The minimum Gasteiger partial charge on any atom is -0.356 e. The van der Waals surface area contributed by atoms with E-state index in [0.717, 1.165) is 22.2 Å².